The third-order valence-corrected chi connectivity index (χ3v) is 7.55. The van der Waals surface area contributed by atoms with E-state index in [1.54, 1.807) is 0 Å². The first kappa shape index (κ1) is 21.9. The molecule has 3 amide bonds. The minimum absolute atomic E-state index is 0.0406. The number of nitrogens with zero attached hydrogens (tertiary/aromatic N) is 4. The van der Waals surface area contributed by atoms with Crippen LogP contribution in [0.25, 0.3) is 0 Å². The SMILES string of the molecule is CC[C@H]1CN2CCC[C@H]2CN1C(=O)N1Cc2c(NC(=O)c3ccc(F)cc3)n[nH]c2C1(C)C. The average Bonchev–Trinajstić information content (AvgIpc) is 3.48. The van der Waals surface area contributed by atoms with Gasteiger partial charge in [0.15, 0.2) is 5.82 Å². The highest BCUT2D eigenvalue weighted by molar-refractivity contribution is 6.04. The molecule has 0 unspecified atom stereocenters. The molecule has 176 valence electrons. The minimum atomic E-state index is -0.580. The molecule has 2 N–H and O–H groups in total. The van der Waals surface area contributed by atoms with E-state index >= 15 is 0 Å². The third kappa shape index (κ3) is 3.68. The number of piperazine rings is 1. The van der Waals surface area contributed by atoms with Gasteiger partial charge in [-0.05, 0) is 63.9 Å². The normalized spacial score (nSPS) is 24.0. The molecule has 4 heterocycles. The second kappa shape index (κ2) is 8.13. The first-order chi connectivity index (χ1) is 15.8. The highest BCUT2D eigenvalue weighted by Crippen LogP contribution is 2.42. The van der Waals surface area contributed by atoms with E-state index in [4.69, 9.17) is 0 Å². The van der Waals surface area contributed by atoms with Crippen molar-refractivity contribution in [3.8, 4) is 0 Å². The summed E-state index contributed by atoms with van der Waals surface area (Å²) >= 11 is 0. The Hall–Kier alpha value is -2.94. The predicted octanol–water partition coefficient (Wildman–Crippen LogP) is 3.53. The van der Waals surface area contributed by atoms with Crippen LogP contribution < -0.4 is 5.32 Å². The maximum Gasteiger partial charge on any atom is 0.321 e. The summed E-state index contributed by atoms with van der Waals surface area (Å²) in [6.07, 6.45) is 3.27. The maximum absolute atomic E-state index is 13.8. The molecule has 8 nitrogen and oxygen atoms in total. The number of aromatic amines is 1. The molecule has 0 radical (unpaired) electrons. The van der Waals surface area contributed by atoms with Gasteiger partial charge in [0.2, 0.25) is 0 Å². The molecule has 3 aliphatic heterocycles. The molecule has 0 saturated carbocycles. The number of anilines is 1. The van der Waals surface area contributed by atoms with Gasteiger partial charge in [0.05, 0.1) is 17.8 Å². The molecule has 33 heavy (non-hydrogen) atoms. The molecule has 5 rings (SSSR count). The highest BCUT2D eigenvalue weighted by Gasteiger charge is 2.47. The molecule has 2 aromatic rings. The molecule has 9 heteroatoms. The Kier molecular flexibility index (Phi) is 5.39. The summed E-state index contributed by atoms with van der Waals surface area (Å²) in [5.74, 6) is -0.349. The largest absolute Gasteiger partial charge is 0.321 e. The Bertz CT molecular complexity index is 1070. The van der Waals surface area contributed by atoms with E-state index in [0.29, 0.717) is 24.0 Å². The van der Waals surface area contributed by atoms with Crippen molar-refractivity contribution < 1.29 is 14.0 Å². The molecular formula is C24H31FN6O2. The highest BCUT2D eigenvalue weighted by atomic mass is 19.1. The van der Waals surface area contributed by atoms with Gasteiger partial charge in [0, 0.05) is 36.3 Å². The zero-order valence-corrected chi connectivity index (χ0v) is 19.4. The van der Waals surface area contributed by atoms with Crippen LogP contribution in [0.15, 0.2) is 24.3 Å². The molecule has 2 saturated heterocycles. The van der Waals surface area contributed by atoms with E-state index in [1.165, 1.54) is 30.7 Å². The molecule has 1 aromatic heterocycles. The average molecular weight is 455 g/mol. The second-order valence-corrected chi connectivity index (χ2v) is 9.82. The van der Waals surface area contributed by atoms with Crippen LogP contribution in [-0.2, 0) is 12.1 Å². The van der Waals surface area contributed by atoms with Crippen LogP contribution in [0.1, 0.15) is 61.6 Å². The van der Waals surface area contributed by atoms with Crippen molar-refractivity contribution in [2.45, 2.75) is 64.2 Å². The van der Waals surface area contributed by atoms with Crippen molar-refractivity contribution in [3.63, 3.8) is 0 Å². The topological polar surface area (TPSA) is 84.6 Å². The first-order valence-corrected chi connectivity index (χ1v) is 11.8. The van der Waals surface area contributed by atoms with Gasteiger partial charge in [-0.3, -0.25) is 14.8 Å². The number of carbonyl (C=O) groups is 2. The summed E-state index contributed by atoms with van der Waals surface area (Å²) in [5.41, 5.74) is 1.41. The van der Waals surface area contributed by atoms with Gasteiger partial charge in [0.25, 0.3) is 5.91 Å². The summed E-state index contributed by atoms with van der Waals surface area (Å²) in [6, 6.07) is 6.07. The fourth-order valence-corrected chi connectivity index (χ4v) is 5.53. The Morgan fingerprint density at radius 1 is 1.24 bits per heavy atom. The molecule has 2 atom stereocenters. The van der Waals surface area contributed by atoms with Crippen molar-refractivity contribution in [1.82, 2.24) is 24.9 Å². The second-order valence-electron chi connectivity index (χ2n) is 9.82. The fraction of sp³-hybridized carbons (Fsp3) is 0.542. The number of nitrogens with one attached hydrogen (secondary N) is 2. The van der Waals surface area contributed by atoms with Crippen molar-refractivity contribution in [3.05, 3.63) is 46.9 Å². The maximum atomic E-state index is 13.8. The van der Waals surface area contributed by atoms with E-state index in [0.717, 1.165) is 43.7 Å². The van der Waals surface area contributed by atoms with Crippen molar-refractivity contribution >= 4 is 17.8 Å². The molecule has 3 aliphatic rings. The van der Waals surface area contributed by atoms with Gasteiger partial charge in [0.1, 0.15) is 5.82 Å². The fourth-order valence-electron chi connectivity index (χ4n) is 5.53. The molecule has 1 aromatic carbocycles. The molecule has 0 aliphatic carbocycles. The number of hydrogen-bond acceptors (Lipinski definition) is 4. The Morgan fingerprint density at radius 3 is 2.73 bits per heavy atom. The molecular weight excluding hydrogens is 423 g/mol. The zero-order chi connectivity index (χ0) is 23.3. The van der Waals surface area contributed by atoms with Crippen molar-refractivity contribution in [2.75, 3.05) is 25.0 Å². The zero-order valence-electron chi connectivity index (χ0n) is 19.4. The Morgan fingerprint density at radius 2 is 2.00 bits per heavy atom. The lowest BCUT2D eigenvalue weighted by Crippen LogP contribution is -2.61. The van der Waals surface area contributed by atoms with Crippen LogP contribution >= 0.6 is 0 Å². The van der Waals surface area contributed by atoms with Crippen LogP contribution in [0.4, 0.5) is 15.0 Å². The summed E-state index contributed by atoms with van der Waals surface area (Å²) in [5, 5.41) is 10.2. The van der Waals surface area contributed by atoms with Gasteiger partial charge in [-0.15, -0.1) is 0 Å². The van der Waals surface area contributed by atoms with E-state index in [9.17, 15) is 14.0 Å². The van der Waals surface area contributed by atoms with E-state index < -0.39 is 11.4 Å². The number of halogens is 1. The Balaban J connectivity index is 1.36. The van der Waals surface area contributed by atoms with Gasteiger partial charge >= 0.3 is 6.03 Å². The van der Waals surface area contributed by atoms with Crippen LogP contribution in [0.2, 0.25) is 0 Å². The molecule has 0 bridgehead atoms. The lowest BCUT2D eigenvalue weighted by molar-refractivity contribution is 0.0388. The molecule has 0 spiro atoms. The number of fused-ring (bicyclic) bond motifs is 2. The lowest BCUT2D eigenvalue weighted by atomic mass is 10.0. The smallest absolute Gasteiger partial charge is 0.319 e. The van der Waals surface area contributed by atoms with E-state index in [2.05, 4.69) is 32.2 Å². The van der Waals surface area contributed by atoms with E-state index in [-0.39, 0.29) is 18.0 Å². The minimum Gasteiger partial charge on any atom is -0.319 e. The van der Waals surface area contributed by atoms with Gasteiger partial charge in [-0.2, -0.15) is 5.10 Å². The number of benzene rings is 1. The van der Waals surface area contributed by atoms with Gasteiger partial charge in [-0.25, -0.2) is 9.18 Å². The van der Waals surface area contributed by atoms with Crippen LogP contribution in [0, 0.1) is 5.82 Å². The monoisotopic (exact) mass is 454 g/mol. The number of rotatable bonds is 3. The lowest BCUT2D eigenvalue weighted by Gasteiger charge is -2.46. The number of urea groups is 1. The number of aromatic nitrogens is 2. The van der Waals surface area contributed by atoms with Gasteiger partial charge < -0.3 is 15.1 Å². The number of amides is 3. The summed E-state index contributed by atoms with van der Waals surface area (Å²) in [6.45, 7) is 9.37. The van der Waals surface area contributed by atoms with E-state index in [1.807, 2.05) is 18.7 Å². The Labute approximate surface area is 193 Å². The summed E-state index contributed by atoms with van der Waals surface area (Å²) in [7, 11) is 0. The third-order valence-electron chi connectivity index (χ3n) is 7.55. The number of hydrogen-bond donors (Lipinski definition) is 2. The quantitative estimate of drug-likeness (QED) is 0.743. The van der Waals surface area contributed by atoms with Crippen LogP contribution in [-0.4, -0.2) is 68.6 Å². The molecule has 2 fully saturated rings. The van der Waals surface area contributed by atoms with Crippen molar-refractivity contribution in [2.24, 2.45) is 0 Å². The van der Waals surface area contributed by atoms with Crippen molar-refractivity contribution in [1.29, 1.82) is 0 Å². The number of H-pyrrole nitrogens is 1. The van der Waals surface area contributed by atoms with Gasteiger partial charge in [-0.1, -0.05) is 6.92 Å². The predicted molar refractivity (Wildman–Crippen MR) is 122 cm³/mol. The van der Waals surface area contributed by atoms with Crippen LogP contribution in [0.3, 0.4) is 0 Å². The first-order valence-electron chi connectivity index (χ1n) is 11.8. The summed E-state index contributed by atoms with van der Waals surface area (Å²) < 4.78 is 13.2. The number of carbonyl (C=O) groups excluding carboxylic acids is 2. The van der Waals surface area contributed by atoms with Crippen LogP contribution in [0.5, 0.6) is 0 Å². The summed E-state index contributed by atoms with van der Waals surface area (Å²) in [4.78, 5) is 32.9. The standard InChI is InChI=1S/C24H31FN6O2/c1-4-17-12-29-11-5-6-18(29)13-30(17)23(33)31-14-19-20(24(31,2)3)27-28-21(19)26-22(32)15-7-9-16(25)10-8-15/h7-10,17-18H,4-6,11-14H2,1-3H3,(H2,26,27,28,32)/t17-,18-/m0/s1.